The molecule has 0 aliphatic carbocycles. The lowest BCUT2D eigenvalue weighted by Crippen LogP contribution is -2.68. The zero-order valence-corrected chi connectivity index (χ0v) is 16.1. The van der Waals surface area contributed by atoms with E-state index >= 15 is 0 Å². The smallest absolute Gasteiger partial charge is 0.352 e. The number of aliphatic carboxylic acids is 1. The summed E-state index contributed by atoms with van der Waals surface area (Å²) >= 11 is 2.80. The highest BCUT2D eigenvalue weighted by Gasteiger charge is 2.51. The Labute approximate surface area is 163 Å². The van der Waals surface area contributed by atoms with E-state index in [2.05, 4.69) is 15.4 Å². The van der Waals surface area contributed by atoms with E-state index < -0.39 is 12.0 Å². The van der Waals surface area contributed by atoms with E-state index in [-0.39, 0.29) is 29.4 Å². The number of aromatic nitrogens is 3. The summed E-state index contributed by atoms with van der Waals surface area (Å²) in [4.78, 5) is 36.4. The lowest BCUT2D eigenvalue weighted by molar-refractivity contribution is -0.147. The molecule has 1 unspecified atom stereocenters. The molecule has 0 saturated carbocycles. The summed E-state index contributed by atoms with van der Waals surface area (Å²) < 4.78 is 4.90. The Morgan fingerprint density at radius 3 is 3.00 bits per heavy atom. The van der Waals surface area contributed by atoms with Crippen LogP contribution in [0.5, 0.6) is 0 Å². The first-order valence-corrected chi connectivity index (χ1v) is 10.3. The number of nitrogens with one attached hydrogen (secondary N) is 1. The number of ether oxygens (including phenoxy) is 1. The average molecular weight is 413 g/mol. The molecule has 4 N–H and O–H groups in total. The van der Waals surface area contributed by atoms with Gasteiger partial charge in [0.2, 0.25) is 5.91 Å². The first kappa shape index (κ1) is 19.7. The van der Waals surface area contributed by atoms with Crippen LogP contribution in [0.2, 0.25) is 0 Å². The van der Waals surface area contributed by atoms with Gasteiger partial charge in [0.1, 0.15) is 22.1 Å². The molecule has 1 fully saturated rings. The Morgan fingerprint density at radius 1 is 1.52 bits per heavy atom. The van der Waals surface area contributed by atoms with E-state index in [0.717, 1.165) is 0 Å². The largest absolute Gasteiger partial charge is 0.477 e. The summed E-state index contributed by atoms with van der Waals surface area (Å²) in [6, 6.07) is -0.648. The van der Waals surface area contributed by atoms with Crippen LogP contribution in [0.15, 0.2) is 16.3 Å². The fourth-order valence-corrected chi connectivity index (χ4v) is 5.22. The summed E-state index contributed by atoms with van der Waals surface area (Å²) in [5.74, 6) is -0.978. The van der Waals surface area contributed by atoms with Gasteiger partial charge in [-0.15, -0.1) is 28.6 Å². The summed E-state index contributed by atoms with van der Waals surface area (Å²) in [5, 5.41) is 20.4. The van der Waals surface area contributed by atoms with Crippen LogP contribution in [0.25, 0.3) is 0 Å². The monoisotopic (exact) mass is 413 g/mol. The molecule has 0 aromatic carbocycles. The standard InChI is InChI=1S/C15H19N5O5S2/c1-2-25-9(21)4-3-8-12(18-19-17-8)26-5-7-6-27-14-10(16)13(22)20(14)11(7)15(23)24/h10,14H,2-6,16H2,1H3,(H,23,24)(H,17,18,19)/t10?,14-/m1/s1. The highest BCUT2D eigenvalue weighted by atomic mass is 32.2. The molecule has 2 aliphatic rings. The van der Waals surface area contributed by atoms with Crippen LogP contribution >= 0.6 is 23.5 Å². The Kier molecular flexibility index (Phi) is 6.07. The molecule has 146 valence electrons. The van der Waals surface area contributed by atoms with Crippen LogP contribution < -0.4 is 5.73 Å². The maximum atomic E-state index is 12.0. The number of aryl methyl sites for hydroxylation is 1. The minimum absolute atomic E-state index is 0.0125. The van der Waals surface area contributed by atoms with E-state index in [0.29, 0.717) is 40.8 Å². The number of β-lactam (4-membered cyclic amide) rings is 1. The predicted molar refractivity (Wildman–Crippen MR) is 97.8 cm³/mol. The topological polar surface area (TPSA) is 152 Å². The molecule has 12 heteroatoms. The van der Waals surface area contributed by atoms with Crippen molar-refractivity contribution in [2.24, 2.45) is 5.73 Å². The van der Waals surface area contributed by atoms with Gasteiger partial charge in [0, 0.05) is 17.9 Å². The number of thioether (sulfide) groups is 2. The molecular formula is C15H19N5O5S2. The van der Waals surface area contributed by atoms with Gasteiger partial charge in [0.05, 0.1) is 18.7 Å². The molecule has 1 aromatic rings. The molecular weight excluding hydrogens is 394 g/mol. The molecule has 0 radical (unpaired) electrons. The Balaban J connectivity index is 1.68. The van der Waals surface area contributed by atoms with Crippen molar-refractivity contribution in [2.75, 3.05) is 18.1 Å². The van der Waals surface area contributed by atoms with Crippen LogP contribution in [0.1, 0.15) is 19.0 Å². The summed E-state index contributed by atoms with van der Waals surface area (Å²) in [6.07, 6.45) is 0.563. The fraction of sp³-hybridized carbons (Fsp3) is 0.533. The van der Waals surface area contributed by atoms with Crippen LogP contribution in [0.4, 0.5) is 0 Å². The molecule has 1 amide bonds. The third-order valence-corrected chi connectivity index (χ3v) is 6.61. The highest BCUT2D eigenvalue weighted by Crippen LogP contribution is 2.40. The molecule has 0 bridgehead atoms. The van der Waals surface area contributed by atoms with Gasteiger partial charge in [0.25, 0.3) is 0 Å². The van der Waals surface area contributed by atoms with Crippen LogP contribution in [0, 0.1) is 0 Å². The first-order valence-electron chi connectivity index (χ1n) is 8.28. The van der Waals surface area contributed by atoms with E-state index in [1.807, 2.05) is 0 Å². The van der Waals surface area contributed by atoms with Gasteiger partial charge >= 0.3 is 11.9 Å². The van der Waals surface area contributed by atoms with Gasteiger partial charge in [-0.2, -0.15) is 0 Å². The average Bonchev–Trinajstić information content (AvgIpc) is 3.10. The number of nitrogens with two attached hydrogens (primary N) is 1. The second kappa shape index (κ2) is 8.31. The number of carbonyl (C=O) groups excluding carboxylic acids is 2. The van der Waals surface area contributed by atoms with Crippen molar-refractivity contribution in [3.8, 4) is 0 Å². The van der Waals surface area contributed by atoms with Crippen molar-refractivity contribution in [1.29, 1.82) is 0 Å². The van der Waals surface area contributed by atoms with Gasteiger partial charge in [-0.3, -0.25) is 19.6 Å². The van der Waals surface area contributed by atoms with Crippen molar-refractivity contribution < 1.29 is 24.2 Å². The number of nitrogens with zero attached hydrogens (tertiary/aromatic N) is 3. The zero-order valence-electron chi connectivity index (χ0n) is 14.5. The number of rotatable bonds is 8. The molecule has 1 saturated heterocycles. The van der Waals surface area contributed by atoms with E-state index in [1.54, 1.807) is 6.92 Å². The SMILES string of the molecule is CCOC(=O)CCc1nn[nH]c1SCC1=C(C(=O)O)N2C(=O)C(N)[C@H]2SC1. The number of aromatic amines is 1. The van der Waals surface area contributed by atoms with Crippen molar-refractivity contribution in [1.82, 2.24) is 20.3 Å². The Bertz CT molecular complexity index is 795. The molecule has 10 nitrogen and oxygen atoms in total. The number of hydrogen-bond donors (Lipinski definition) is 3. The van der Waals surface area contributed by atoms with Crippen molar-refractivity contribution in [3.05, 3.63) is 17.0 Å². The highest BCUT2D eigenvalue weighted by molar-refractivity contribution is 8.01. The van der Waals surface area contributed by atoms with Crippen LogP contribution in [-0.4, -0.2) is 72.8 Å². The number of hydrogen-bond acceptors (Lipinski definition) is 9. The van der Waals surface area contributed by atoms with Gasteiger partial charge in [0.15, 0.2) is 0 Å². The third-order valence-electron chi connectivity index (χ3n) is 4.14. The number of carboxylic acids is 1. The molecule has 2 aliphatic heterocycles. The maximum Gasteiger partial charge on any atom is 0.352 e. The summed E-state index contributed by atoms with van der Waals surface area (Å²) in [5.41, 5.74) is 7.01. The molecule has 3 heterocycles. The minimum atomic E-state index is -1.14. The maximum absolute atomic E-state index is 12.0. The fourth-order valence-electron chi connectivity index (χ4n) is 2.82. The van der Waals surface area contributed by atoms with E-state index in [4.69, 9.17) is 10.5 Å². The van der Waals surface area contributed by atoms with Crippen molar-refractivity contribution in [3.63, 3.8) is 0 Å². The Hall–Kier alpha value is -2.05. The van der Waals surface area contributed by atoms with Crippen molar-refractivity contribution in [2.45, 2.75) is 36.2 Å². The summed E-state index contributed by atoms with van der Waals surface area (Å²) in [6.45, 7) is 2.06. The number of amides is 1. The van der Waals surface area contributed by atoms with E-state index in [9.17, 15) is 19.5 Å². The zero-order chi connectivity index (χ0) is 19.6. The lowest BCUT2D eigenvalue weighted by Gasteiger charge is -2.48. The third kappa shape index (κ3) is 3.96. The van der Waals surface area contributed by atoms with Gasteiger partial charge < -0.3 is 15.6 Å². The second-order valence-electron chi connectivity index (χ2n) is 5.87. The lowest BCUT2D eigenvalue weighted by atomic mass is 10.0. The van der Waals surface area contributed by atoms with Crippen LogP contribution in [-0.2, 0) is 25.5 Å². The Morgan fingerprint density at radius 2 is 2.30 bits per heavy atom. The summed E-state index contributed by atoms with van der Waals surface area (Å²) in [7, 11) is 0. The number of fused-ring (bicyclic) bond motifs is 1. The molecule has 1 aromatic heterocycles. The molecule has 27 heavy (non-hydrogen) atoms. The number of esters is 1. The minimum Gasteiger partial charge on any atom is -0.477 e. The predicted octanol–water partition coefficient (Wildman–Crippen LogP) is -0.0264. The van der Waals surface area contributed by atoms with Crippen LogP contribution in [0.3, 0.4) is 0 Å². The quantitative estimate of drug-likeness (QED) is 0.301. The first-order chi connectivity index (χ1) is 12.9. The number of carboxylic acid groups (broad SMARTS) is 1. The molecule has 0 spiro atoms. The number of carbonyl (C=O) groups is 3. The van der Waals surface area contributed by atoms with E-state index in [1.165, 1.54) is 28.4 Å². The molecule has 2 atom stereocenters. The van der Waals surface area contributed by atoms with Gasteiger partial charge in [-0.05, 0) is 12.5 Å². The second-order valence-corrected chi connectivity index (χ2v) is 7.96. The van der Waals surface area contributed by atoms with Crippen molar-refractivity contribution >= 4 is 41.4 Å². The van der Waals surface area contributed by atoms with Gasteiger partial charge in [-0.1, -0.05) is 5.21 Å². The van der Waals surface area contributed by atoms with Gasteiger partial charge in [-0.25, -0.2) is 4.79 Å². The number of H-pyrrole nitrogens is 1. The molecule has 3 rings (SSSR count). The normalized spacial score (nSPS) is 21.7.